The minimum absolute atomic E-state index is 0.0314. The minimum atomic E-state index is -2.47. The highest BCUT2D eigenvalue weighted by Gasteiger charge is 2.28. The van der Waals surface area contributed by atoms with Gasteiger partial charge in [0.2, 0.25) is 11.7 Å². The third kappa shape index (κ3) is 3.07. The Balaban J connectivity index is 2.16. The van der Waals surface area contributed by atoms with Crippen molar-refractivity contribution < 1.29 is 18.8 Å². The lowest BCUT2D eigenvalue weighted by atomic mass is 10.0. The second-order valence-corrected chi connectivity index (χ2v) is 9.40. The fourth-order valence-electron chi connectivity index (χ4n) is 2.96. The van der Waals surface area contributed by atoms with E-state index in [1.807, 2.05) is 6.92 Å². The Morgan fingerprint density at radius 1 is 1.46 bits per heavy atom. The molecule has 140 valence electrons. The zero-order chi connectivity index (χ0) is 19.1. The van der Waals surface area contributed by atoms with Crippen LogP contribution in [0.25, 0.3) is 0 Å². The summed E-state index contributed by atoms with van der Waals surface area (Å²) in [4.78, 5) is 12.8. The number of benzene rings is 1. The van der Waals surface area contributed by atoms with Crippen LogP contribution in [0.2, 0.25) is 5.02 Å². The Bertz CT molecular complexity index is 992. The molecule has 1 aliphatic rings. The number of nitrogens with zero attached hydrogens (tertiary/aromatic N) is 3. The number of rotatable bonds is 4. The van der Waals surface area contributed by atoms with Crippen molar-refractivity contribution in [3.63, 3.8) is 0 Å². The molecule has 0 amide bonds. The van der Waals surface area contributed by atoms with Crippen molar-refractivity contribution >= 4 is 32.8 Å². The average Bonchev–Trinajstić information content (AvgIpc) is 3.11. The van der Waals surface area contributed by atoms with Crippen molar-refractivity contribution in [1.29, 1.82) is 0 Å². The number of hydrogen-bond donors (Lipinski definition) is 1. The molecule has 2 unspecified atom stereocenters. The molecule has 9 heteroatoms. The van der Waals surface area contributed by atoms with Gasteiger partial charge < -0.3 is 9.84 Å². The molecule has 2 atom stereocenters. The second kappa shape index (κ2) is 6.92. The lowest BCUT2D eigenvalue weighted by Crippen LogP contribution is -2.11. The predicted octanol–water partition coefficient (Wildman–Crippen LogP) is 3.30. The van der Waals surface area contributed by atoms with E-state index in [1.54, 1.807) is 6.07 Å². The van der Waals surface area contributed by atoms with Crippen LogP contribution in [0.15, 0.2) is 22.7 Å². The first kappa shape index (κ1) is 18.7. The SMILES string of the molecule is COc1ccc(C(=O)c2cnn(C)c2O)c(Cl)c1N=S1(=O)CCCC1C. The maximum Gasteiger partial charge on any atom is 0.220 e. The average molecular weight is 398 g/mol. The molecule has 0 aliphatic carbocycles. The normalized spacial score (nSPS) is 22.4. The van der Waals surface area contributed by atoms with Gasteiger partial charge in [0.05, 0.1) is 28.1 Å². The van der Waals surface area contributed by atoms with E-state index in [0.29, 0.717) is 11.5 Å². The van der Waals surface area contributed by atoms with Gasteiger partial charge in [-0.25, -0.2) is 8.89 Å². The van der Waals surface area contributed by atoms with Crippen LogP contribution in [0.1, 0.15) is 35.7 Å². The molecule has 1 saturated heterocycles. The highest BCUT2D eigenvalue weighted by molar-refractivity contribution is 7.94. The van der Waals surface area contributed by atoms with E-state index in [-0.39, 0.29) is 33.0 Å². The summed E-state index contributed by atoms with van der Waals surface area (Å²) in [5, 5.41) is 13.8. The van der Waals surface area contributed by atoms with Crippen LogP contribution in [-0.2, 0) is 16.8 Å². The number of ketones is 1. The van der Waals surface area contributed by atoms with Crippen molar-refractivity contribution in [2.45, 2.75) is 25.0 Å². The van der Waals surface area contributed by atoms with Crippen molar-refractivity contribution in [3.05, 3.63) is 34.5 Å². The number of carbonyl (C=O) groups is 1. The van der Waals surface area contributed by atoms with Gasteiger partial charge in [-0.3, -0.25) is 4.79 Å². The Hall–Kier alpha value is -2.06. The first-order valence-corrected chi connectivity index (χ1v) is 10.3. The molecular weight excluding hydrogens is 378 g/mol. The van der Waals surface area contributed by atoms with E-state index in [4.69, 9.17) is 16.3 Å². The first-order chi connectivity index (χ1) is 12.3. The van der Waals surface area contributed by atoms with Crippen LogP contribution >= 0.6 is 11.6 Å². The molecule has 0 bridgehead atoms. The summed E-state index contributed by atoms with van der Waals surface area (Å²) in [6.45, 7) is 1.90. The van der Waals surface area contributed by atoms with Gasteiger partial charge in [-0.1, -0.05) is 11.6 Å². The molecule has 3 rings (SSSR count). The van der Waals surface area contributed by atoms with E-state index in [9.17, 15) is 14.1 Å². The van der Waals surface area contributed by atoms with Gasteiger partial charge in [0.25, 0.3) is 0 Å². The van der Waals surface area contributed by atoms with Crippen molar-refractivity contribution in [2.75, 3.05) is 12.9 Å². The summed E-state index contributed by atoms with van der Waals surface area (Å²) < 4.78 is 24.0. The lowest BCUT2D eigenvalue weighted by Gasteiger charge is -2.13. The number of hydrogen-bond acceptors (Lipinski definition) is 6. The Kier molecular flexibility index (Phi) is 4.98. The Morgan fingerprint density at radius 3 is 2.73 bits per heavy atom. The van der Waals surface area contributed by atoms with Crippen molar-refractivity contribution in [1.82, 2.24) is 9.78 Å². The number of halogens is 1. The smallest absolute Gasteiger partial charge is 0.220 e. The topological polar surface area (TPSA) is 93.8 Å². The van der Waals surface area contributed by atoms with E-state index in [2.05, 4.69) is 9.46 Å². The zero-order valence-electron chi connectivity index (χ0n) is 14.7. The molecule has 1 aromatic heterocycles. The highest BCUT2D eigenvalue weighted by atomic mass is 35.5. The van der Waals surface area contributed by atoms with E-state index in [1.165, 1.54) is 31.1 Å². The zero-order valence-corrected chi connectivity index (χ0v) is 16.3. The van der Waals surface area contributed by atoms with Crippen LogP contribution in [0.3, 0.4) is 0 Å². The Labute approximate surface area is 157 Å². The number of aryl methyl sites for hydroxylation is 1. The number of methoxy groups -OCH3 is 1. The number of aromatic nitrogens is 2. The summed E-state index contributed by atoms with van der Waals surface area (Å²) in [7, 11) is 0.516. The third-order valence-corrected chi connectivity index (χ3v) is 7.86. The minimum Gasteiger partial charge on any atom is -0.494 e. The molecule has 0 radical (unpaired) electrons. The molecule has 7 nitrogen and oxygen atoms in total. The summed E-state index contributed by atoms with van der Waals surface area (Å²) in [5.74, 6) is 0.100. The molecule has 0 saturated carbocycles. The number of carbonyl (C=O) groups excluding carboxylic acids is 1. The molecule has 1 aromatic carbocycles. The molecule has 1 N–H and O–H groups in total. The monoisotopic (exact) mass is 397 g/mol. The standard InChI is InChI=1S/C17H20ClN3O4S/c1-10-5-4-8-26(10,24)20-15-13(25-3)7-6-11(14(15)18)16(22)12-9-19-21(2)17(12)23/h6-7,9-10,23H,4-5,8H2,1-3H3. The number of aromatic hydroxyl groups is 1. The van der Waals surface area contributed by atoms with Crippen molar-refractivity contribution in [2.24, 2.45) is 11.4 Å². The van der Waals surface area contributed by atoms with Crippen LogP contribution in [0.5, 0.6) is 11.6 Å². The van der Waals surface area contributed by atoms with Gasteiger partial charge in [0.15, 0.2) is 0 Å². The van der Waals surface area contributed by atoms with Crippen LogP contribution < -0.4 is 4.74 Å². The Morgan fingerprint density at radius 2 is 2.19 bits per heavy atom. The maximum atomic E-state index is 13.1. The summed E-state index contributed by atoms with van der Waals surface area (Å²) in [6.07, 6.45) is 2.95. The fourth-order valence-corrected chi connectivity index (χ4v) is 5.57. The van der Waals surface area contributed by atoms with Crippen LogP contribution in [0, 0.1) is 0 Å². The van der Waals surface area contributed by atoms with Gasteiger partial charge >= 0.3 is 0 Å². The van der Waals surface area contributed by atoms with E-state index < -0.39 is 15.5 Å². The molecule has 0 spiro atoms. The van der Waals surface area contributed by atoms with Gasteiger partial charge in [0, 0.05) is 23.6 Å². The molecule has 1 aliphatic heterocycles. The lowest BCUT2D eigenvalue weighted by molar-refractivity contribution is 0.103. The van der Waals surface area contributed by atoms with Crippen LogP contribution in [-0.4, -0.2) is 43.0 Å². The van der Waals surface area contributed by atoms with E-state index >= 15 is 0 Å². The van der Waals surface area contributed by atoms with E-state index in [0.717, 1.165) is 12.8 Å². The molecule has 1 fully saturated rings. The molecule has 26 heavy (non-hydrogen) atoms. The summed E-state index contributed by atoms with van der Waals surface area (Å²) >= 11 is 6.46. The van der Waals surface area contributed by atoms with Gasteiger partial charge in [-0.2, -0.15) is 9.46 Å². The van der Waals surface area contributed by atoms with Gasteiger partial charge in [0.1, 0.15) is 17.0 Å². The van der Waals surface area contributed by atoms with Gasteiger partial charge in [-0.05, 0) is 31.9 Å². The largest absolute Gasteiger partial charge is 0.494 e. The quantitative estimate of drug-likeness (QED) is 0.799. The highest BCUT2D eigenvalue weighted by Crippen LogP contribution is 2.41. The predicted molar refractivity (Wildman–Crippen MR) is 100 cm³/mol. The first-order valence-electron chi connectivity index (χ1n) is 8.14. The number of ether oxygens (including phenoxy) is 1. The molecular formula is C17H20ClN3O4S. The second-order valence-electron chi connectivity index (χ2n) is 6.25. The van der Waals surface area contributed by atoms with Gasteiger partial charge in [-0.15, -0.1) is 0 Å². The maximum absolute atomic E-state index is 13.1. The molecule has 2 heterocycles. The third-order valence-electron chi connectivity index (χ3n) is 4.62. The molecule has 2 aromatic rings. The summed E-state index contributed by atoms with van der Waals surface area (Å²) in [5.41, 5.74) is 0.384. The van der Waals surface area contributed by atoms with Crippen LogP contribution in [0.4, 0.5) is 5.69 Å². The fraction of sp³-hybridized carbons (Fsp3) is 0.412. The van der Waals surface area contributed by atoms with Crippen molar-refractivity contribution in [3.8, 4) is 11.6 Å². The summed E-state index contributed by atoms with van der Waals surface area (Å²) in [6, 6.07) is 3.06.